The molecule has 1 unspecified atom stereocenters. The first-order valence-electron chi connectivity index (χ1n) is 9.41. The van der Waals surface area contributed by atoms with Gasteiger partial charge in [0.1, 0.15) is 5.82 Å². The number of fused-ring (bicyclic) bond motifs is 1. The highest BCUT2D eigenvalue weighted by Crippen LogP contribution is 2.35. The van der Waals surface area contributed by atoms with Crippen molar-refractivity contribution in [2.45, 2.75) is 39.8 Å². The normalized spacial score (nSPS) is 15.9. The summed E-state index contributed by atoms with van der Waals surface area (Å²) in [5.41, 5.74) is 7.16. The van der Waals surface area contributed by atoms with Gasteiger partial charge in [-0.2, -0.15) is 0 Å². The van der Waals surface area contributed by atoms with Crippen molar-refractivity contribution in [1.29, 1.82) is 0 Å². The molecule has 0 spiro atoms. The lowest BCUT2D eigenvalue weighted by Gasteiger charge is -2.35. The largest absolute Gasteiger partial charge is 0.476 e. The van der Waals surface area contributed by atoms with Gasteiger partial charge in [0.2, 0.25) is 0 Å². The fraction of sp³-hybridized carbons (Fsp3) is 0.381. The van der Waals surface area contributed by atoms with E-state index >= 15 is 0 Å². The Labute approximate surface area is 164 Å². The van der Waals surface area contributed by atoms with E-state index in [0.717, 1.165) is 12.0 Å². The van der Waals surface area contributed by atoms with Gasteiger partial charge in [-0.1, -0.05) is 32.9 Å². The highest BCUT2D eigenvalue weighted by molar-refractivity contribution is 5.99. The van der Waals surface area contributed by atoms with Gasteiger partial charge in [0.15, 0.2) is 17.7 Å². The van der Waals surface area contributed by atoms with E-state index < -0.39 is 6.10 Å². The number of nitrogens with zero attached hydrogens (tertiary/aromatic N) is 2. The number of carbonyl (C=O) groups excluding carboxylic acids is 2. The number of aromatic nitrogens is 1. The number of esters is 1. The maximum atomic E-state index is 13.0. The lowest BCUT2D eigenvalue weighted by Crippen LogP contribution is -2.48. The molecule has 3 rings (SSSR count). The van der Waals surface area contributed by atoms with Crippen LogP contribution in [0.5, 0.6) is 5.75 Å². The predicted molar refractivity (Wildman–Crippen MR) is 106 cm³/mol. The monoisotopic (exact) mass is 383 g/mol. The molecule has 1 amide bonds. The smallest absolute Gasteiger partial charge is 0.338 e. The summed E-state index contributed by atoms with van der Waals surface area (Å²) in [5, 5.41) is 0. The maximum Gasteiger partial charge on any atom is 0.338 e. The maximum absolute atomic E-state index is 13.0. The minimum atomic E-state index is -0.582. The zero-order chi connectivity index (χ0) is 20.3. The van der Waals surface area contributed by atoms with Gasteiger partial charge in [0.25, 0.3) is 5.91 Å². The zero-order valence-electron chi connectivity index (χ0n) is 16.3. The van der Waals surface area contributed by atoms with Gasteiger partial charge in [0.05, 0.1) is 18.7 Å². The molecule has 0 fully saturated rings. The Morgan fingerprint density at radius 1 is 1.25 bits per heavy atom. The molecule has 7 heteroatoms. The molecule has 1 atom stereocenters. The van der Waals surface area contributed by atoms with E-state index in [-0.39, 0.29) is 17.8 Å². The number of anilines is 2. The van der Waals surface area contributed by atoms with Gasteiger partial charge in [-0.3, -0.25) is 9.69 Å². The van der Waals surface area contributed by atoms with Crippen molar-refractivity contribution in [2.24, 2.45) is 5.92 Å². The highest BCUT2D eigenvalue weighted by atomic mass is 16.5. The SMILES string of the molecule is CCCOC(=O)c1ccc(CN2C(=O)C(C(C)C)Oc3ccc(N)nc32)cc1. The van der Waals surface area contributed by atoms with Gasteiger partial charge >= 0.3 is 5.97 Å². The standard InChI is InChI=1S/C21H25N3O4/c1-4-11-27-21(26)15-7-5-14(6-8-15)12-24-19-16(9-10-17(22)23-19)28-18(13(2)3)20(24)25/h5-10,13,18H,4,11-12H2,1-3H3,(H2,22,23). The molecule has 1 aliphatic heterocycles. The molecular formula is C21H25N3O4. The van der Waals surface area contributed by atoms with E-state index in [1.54, 1.807) is 29.2 Å². The molecule has 0 saturated heterocycles. The molecule has 0 radical (unpaired) electrons. The van der Waals surface area contributed by atoms with Crippen LogP contribution in [0.1, 0.15) is 43.1 Å². The van der Waals surface area contributed by atoms with Crippen LogP contribution in [0.3, 0.4) is 0 Å². The predicted octanol–water partition coefficient (Wildman–Crippen LogP) is 3.18. The summed E-state index contributed by atoms with van der Waals surface area (Å²) in [6, 6.07) is 10.4. The summed E-state index contributed by atoms with van der Waals surface area (Å²) >= 11 is 0. The molecule has 0 saturated carbocycles. The van der Waals surface area contributed by atoms with E-state index in [1.807, 2.05) is 32.9 Å². The molecule has 0 aliphatic carbocycles. The van der Waals surface area contributed by atoms with Gasteiger partial charge in [-0.05, 0) is 42.2 Å². The molecule has 2 aromatic rings. The van der Waals surface area contributed by atoms with Crippen molar-refractivity contribution in [1.82, 2.24) is 4.98 Å². The van der Waals surface area contributed by atoms with Crippen molar-refractivity contribution in [3.63, 3.8) is 0 Å². The molecular weight excluding hydrogens is 358 g/mol. The summed E-state index contributed by atoms with van der Waals surface area (Å²) in [5.74, 6) is 0.761. The molecule has 0 bridgehead atoms. The molecule has 7 nitrogen and oxygen atoms in total. The molecule has 1 aliphatic rings. The van der Waals surface area contributed by atoms with Crippen LogP contribution in [-0.4, -0.2) is 29.6 Å². The van der Waals surface area contributed by atoms with Crippen molar-refractivity contribution in [3.05, 3.63) is 47.5 Å². The van der Waals surface area contributed by atoms with Crippen molar-refractivity contribution >= 4 is 23.5 Å². The first-order chi connectivity index (χ1) is 13.4. The molecule has 2 N–H and O–H groups in total. The van der Waals surface area contributed by atoms with Crippen LogP contribution in [0.2, 0.25) is 0 Å². The summed E-state index contributed by atoms with van der Waals surface area (Å²) in [7, 11) is 0. The summed E-state index contributed by atoms with van der Waals surface area (Å²) in [4.78, 5) is 30.8. The first kappa shape index (κ1) is 19.7. The average molecular weight is 383 g/mol. The number of hydrogen-bond donors (Lipinski definition) is 1. The van der Waals surface area contributed by atoms with E-state index in [1.165, 1.54) is 0 Å². The van der Waals surface area contributed by atoms with Gasteiger partial charge in [-0.25, -0.2) is 9.78 Å². The topological polar surface area (TPSA) is 94.8 Å². The van der Waals surface area contributed by atoms with Crippen LogP contribution in [0.25, 0.3) is 0 Å². The third-order valence-electron chi connectivity index (χ3n) is 4.45. The number of rotatable bonds is 6. The molecule has 148 valence electrons. The second-order valence-corrected chi connectivity index (χ2v) is 7.10. The van der Waals surface area contributed by atoms with E-state index in [9.17, 15) is 9.59 Å². The average Bonchev–Trinajstić information content (AvgIpc) is 2.68. The molecule has 1 aromatic heterocycles. The Bertz CT molecular complexity index is 864. The summed E-state index contributed by atoms with van der Waals surface area (Å²) in [6.07, 6.45) is 0.191. The Morgan fingerprint density at radius 3 is 2.61 bits per heavy atom. The van der Waals surface area contributed by atoms with Crippen LogP contribution in [-0.2, 0) is 16.1 Å². The Morgan fingerprint density at radius 2 is 1.96 bits per heavy atom. The van der Waals surface area contributed by atoms with Gasteiger partial charge < -0.3 is 15.2 Å². The van der Waals surface area contributed by atoms with Gasteiger partial charge in [-0.15, -0.1) is 0 Å². The number of carbonyl (C=O) groups is 2. The fourth-order valence-electron chi connectivity index (χ4n) is 2.96. The zero-order valence-corrected chi connectivity index (χ0v) is 16.3. The summed E-state index contributed by atoms with van der Waals surface area (Å²) in [6.45, 7) is 6.52. The van der Waals surface area contributed by atoms with Crippen LogP contribution in [0, 0.1) is 5.92 Å². The third-order valence-corrected chi connectivity index (χ3v) is 4.45. The van der Waals surface area contributed by atoms with Crippen LogP contribution in [0.4, 0.5) is 11.6 Å². The minimum absolute atomic E-state index is 0.0106. The Balaban J connectivity index is 1.85. The van der Waals surface area contributed by atoms with Crippen LogP contribution >= 0.6 is 0 Å². The van der Waals surface area contributed by atoms with Crippen molar-refractivity contribution in [2.75, 3.05) is 17.2 Å². The molecule has 2 heterocycles. The second kappa shape index (κ2) is 8.29. The van der Waals surface area contributed by atoms with Crippen LogP contribution < -0.4 is 15.4 Å². The number of nitrogens with two attached hydrogens (primary N) is 1. The number of hydrogen-bond acceptors (Lipinski definition) is 6. The van der Waals surface area contributed by atoms with Crippen molar-refractivity contribution in [3.8, 4) is 5.75 Å². The number of ether oxygens (including phenoxy) is 2. The minimum Gasteiger partial charge on any atom is -0.476 e. The second-order valence-electron chi connectivity index (χ2n) is 7.10. The van der Waals surface area contributed by atoms with Crippen LogP contribution in [0.15, 0.2) is 36.4 Å². The Hall–Kier alpha value is -3.09. The van der Waals surface area contributed by atoms with E-state index in [4.69, 9.17) is 15.2 Å². The summed E-state index contributed by atoms with van der Waals surface area (Å²) < 4.78 is 11.0. The number of benzene rings is 1. The highest BCUT2D eigenvalue weighted by Gasteiger charge is 2.37. The Kier molecular flexibility index (Phi) is 5.82. The molecule has 1 aromatic carbocycles. The van der Waals surface area contributed by atoms with Gasteiger partial charge in [0, 0.05) is 0 Å². The quantitative estimate of drug-likeness (QED) is 0.770. The number of nitrogen functional groups attached to an aromatic ring is 1. The lowest BCUT2D eigenvalue weighted by atomic mass is 10.0. The fourth-order valence-corrected chi connectivity index (χ4v) is 2.96. The van der Waals surface area contributed by atoms with Crippen molar-refractivity contribution < 1.29 is 19.1 Å². The number of pyridine rings is 1. The van der Waals surface area contributed by atoms with E-state index in [0.29, 0.717) is 36.1 Å². The number of amides is 1. The molecule has 28 heavy (non-hydrogen) atoms. The lowest BCUT2D eigenvalue weighted by molar-refractivity contribution is -0.128. The van der Waals surface area contributed by atoms with E-state index in [2.05, 4.69) is 4.98 Å². The third kappa shape index (κ3) is 4.08. The first-order valence-corrected chi connectivity index (χ1v) is 9.41.